The summed E-state index contributed by atoms with van der Waals surface area (Å²) in [6.07, 6.45) is 8.55. The molecular formula is C29H31N3O. The molecule has 0 spiro atoms. The quantitative estimate of drug-likeness (QED) is 0.557. The third kappa shape index (κ3) is 4.62. The molecule has 1 amide bonds. The molecule has 2 aliphatic rings. The van der Waals surface area contributed by atoms with Gasteiger partial charge in [0.15, 0.2) is 0 Å². The normalized spacial score (nSPS) is 20.0. The Morgan fingerprint density at radius 3 is 2.21 bits per heavy atom. The minimum atomic E-state index is -0.0141. The molecule has 2 bridgehead atoms. The van der Waals surface area contributed by atoms with Gasteiger partial charge >= 0.3 is 0 Å². The molecule has 2 atom stereocenters. The molecule has 3 aromatic rings. The number of benzene rings is 2. The zero-order chi connectivity index (χ0) is 22.6. The van der Waals surface area contributed by atoms with Gasteiger partial charge in [0.25, 0.3) is 5.91 Å². The third-order valence-corrected chi connectivity index (χ3v) is 7.01. The van der Waals surface area contributed by atoms with E-state index in [0.29, 0.717) is 24.2 Å². The van der Waals surface area contributed by atoms with Crippen LogP contribution in [-0.2, 0) is 6.54 Å². The van der Waals surface area contributed by atoms with Crippen molar-refractivity contribution in [3.63, 3.8) is 0 Å². The second-order valence-electron chi connectivity index (χ2n) is 9.11. The second-order valence-corrected chi connectivity index (χ2v) is 9.11. The van der Waals surface area contributed by atoms with Gasteiger partial charge in [0, 0.05) is 43.1 Å². The molecule has 2 saturated heterocycles. The lowest BCUT2D eigenvalue weighted by Crippen LogP contribution is -2.40. The van der Waals surface area contributed by atoms with Gasteiger partial charge in [0.05, 0.1) is 0 Å². The van der Waals surface area contributed by atoms with E-state index in [9.17, 15) is 4.79 Å². The van der Waals surface area contributed by atoms with Gasteiger partial charge in [0.2, 0.25) is 0 Å². The molecule has 2 aliphatic heterocycles. The van der Waals surface area contributed by atoms with Gasteiger partial charge in [-0.2, -0.15) is 0 Å². The minimum Gasteiger partial charge on any atom is -0.352 e. The van der Waals surface area contributed by atoms with Crippen LogP contribution >= 0.6 is 0 Å². The molecule has 2 fully saturated rings. The molecule has 168 valence electrons. The van der Waals surface area contributed by atoms with Crippen LogP contribution in [-0.4, -0.2) is 34.4 Å². The standard InChI is InChI=1S/C29H31N3O/c1-2-31-29(33)24-12-10-23(11-13-24)28(22-8-4-3-5-9-22)25-17-26-14-15-27(18-25)32(26)20-21-7-6-16-30-19-21/h3-13,16,19,26-27H,2,14-15,17-18,20H2,1H3,(H,31,33). The van der Waals surface area contributed by atoms with Crippen molar-refractivity contribution in [1.29, 1.82) is 0 Å². The number of hydrogen-bond acceptors (Lipinski definition) is 3. The Morgan fingerprint density at radius 1 is 0.909 bits per heavy atom. The van der Waals surface area contributed by atoms with E-state index < -0.39 is 0 Å². The maximum atomic E-state index is 12.2. The molecule has 1 N–H and O–H groups in total. The highest BCUT2D eigenvalue weighted by molar-refractivity contribution is 5.95. The van der Waals surface area contributed by atoms with E-state index >= 15 is 0 Å². The smallest absolute Gasteiger partial charge is 0.251 e. The van der Waals surface area contributed by atoms with Gasteiger partial charge in [-0.05, 0) is 73.1 Å². The Hall–Kier alpha value is -3.24. The Balaban J connectivity index is 1.47. The summed E-state index contributed by atoms with van der Waals surface area (Å²) in [6.45, 7) is 3.57. The topological polar surface area (TPSA) is 45.2 Å². The number of hydrogen-bond donors (Lipinski definition) is 1. The molecule has 0 aliphatic carbocycles. The summed E-state index contributed by atoms with van der Waals surface area (Å²) in [4.78, 5) is 19.3. The average Bonchev–Trinajstić information content (AvgIpc) is 3.08. The first-order valence-corrected chi connectivity index (χ1v) is 12.0. The van der Waals surface area contributed by atoms with Crippen LogP contribution in [0.25, 0.3) is 5.57 Å². The van der Waals surface area contributed by atoms with Crippen LogP contribution in [0.15, 0.2) is 84.7 Å². The Labute approximate surface area is 196 Å². The minimum absolute atomic E-state index is 0.0141. The summed E-state index contributed by atoms with van der Waals surface area (Å²) in [5.41, 5.74) is 7.36. The number of rotatable bonds is 6. The van der Waals surface area contributed by atoms with Crippen molar-refractivity contribution in [3.8, 4) is 0 Å². The summed E-state index contributed by atoms with van der Waals surface area (Å²) in [7, 11) is 0. The zero-order valence-electron chi connectivity index (χ0n) is 19.2. The first kappa shape index (κ1) is 21.6. The monoisotopic (exact) mass is 437 g/mol. The average molecular weight is 438 g/mol. The molecule has 33 heavy (non-hydrogen) atoms. The lowest BCUT2D eigenvalue weighted by molar-refractivity contribution is 0.0956. The maximum absolute atomic E-state index is 12.2. The van der Waals surface area contributed by atoms with Gasteiger partial charge in [-0.25, -0.2) is 0 Å². The number of piperidine rings is 1. The van der Waals surface area contributed by atoms with E-state index in [1.165, 1.54) is 35.1 Å². The largest absolute Gasteiger partial charge is 0.352 e. The highest BCUT2D eigenvalue weighted by Crippen LogP contribution is 2.43. The van der Waals surface area contributed by atoms with E-state index in [1.807, 2.05) is 37.5 Å². The second kappa shape index (κ2) is 9.72. The summed E-state index contributed by atoms with van der Waals surface area (Å²) in [5.74, 6) is -0.0141. The predicted octanol–water partition coefficient (Wildman–Crippen LogP) is 5.46. The number of amides is 1. The van der Waals surface area contributed by atoms with Crippen molar-refractivity contribution in [3.05, 3.63) is 107 Å². The van der Waals surface area contributed by atoms with Gasteiger partial charge in [-0.3, -0.25) is 14.7 Å². The molecular weight excluding hydrogens is 406 g/mol. The summed E-state index contributed by atoms with van der Waals surface area (Å²) < 4.78 is 0. The van der Waals surface area contributed by atoms with Crippen LogP contribution in [0.1, 0.15) is 59.7 Å². The third-order valence-electron chi connectivity index (χ3n) is 7.01. The van der Waals surface area contributed by atoms with Gasteiger partial charge in [-0.15, -0.1) is 0 Å². The molecule has 0 radical (unpaired) electrons. The molecule has 0 saturated carbocycles. The number of nitrogens with zero attached hydrogens (tertiary/aromatic N) is 2. The molecule has 4 heteroatoms. The summed E-state index contributed by atoms with van der Waals surface area (Å²) in [5, 5.41) is 2.89. The number of aromatic nitrogens is 1. The Bertz CT molecular complexity index is 1110. The van der Waals surface area contributed by atoms with Gasteiger partial charge < -0.3 is 5.32 Å². The van der Waals surface area contributed by atoms with Crippen LogP contribution in [0.2, 0.25) is 0 Å². The highest BCUT2D eigenvalue weighted by atomic mass is 16.1. The number of fused-ring (bicyclic) bond motifs is 2. The van der Waals surface area contributed by atoms with Crippen molar-refractivity contribution in [1.82, 2.24) is 15.2 Å². The van der Waals surface area contributed by atoms with Crippen molar-refractivity contribution in [2.45, 2.75) is 51.2 Å². The first-order chi connectivity index (χ1) is 16.2. The van der Waals surface area contributed by atoms with Gasteiger partial charge in [-0.1, -0.05) is 54.1 Å². The Kier molecular flexibility index (Phi) is 6.36. The van der Waals surface area contributed by atoms with Crippen molar-refractivity contribution in [2.75, 3.05) is 6.54 Å². The number of pyridine rings is 1. The summed E-state index contributed by atoms with van der Waals surface area (Å²) in [6, 6.07) is 24.2. The van der Waals surface area contributed by atoms with Crippen LogP contribution in [0, 0.1) is 0 Å². The molecule has 1 aromatic heterocycles. The van der Waals surface area contributed by atoms with Crippen molar-refractivity contribution in [2.24, 2.45) is 0 Å². The summed E-state index contributed by atoms with van der Waals surface area (Å²) >= 11 is 0. The maximum Gasteiger partial charge on any atom is 0.251 e. The van der Waals surface area contributed by atoms with Crippen LogP contribution < -0.4 is 5.32 Å². The molecule has 2 unspecified atom stereocenters. The lowest BCUT2D eigenvalue weighted by atomic mass is 9.85. The van der Waals surface area contributed by atoms with E-state index in [1.54, 1.807) is 5.57 Å². The van der Waals surface area contributed by atoms with Crippen molar-refractivity contribution >= 4 is 11.5 Å². The fourth-order valence-corrected chi connectivity index (χ4v) is 5.50. The molecule has 3 heterocycles. The zero-order valence-corrected chi connectivity index (χ0v) is 19.2. The van der Waals surface area contributed by atoms with Gasteiger partial charge in [0.1, 0.15) is 0 Å². The number of carbonyl (C=O) groups excluding carboxylic acids is 1. The predicted molar refractivity (Wildman–Crippen MR) is 133 cm³/mol. The van der Waals surface area contributed by atoms with Crippen LogP contribution in [0.3, 0.4) is 0 Å². The Morgan fingerprint density at radius 2 is 1.58 bits per heavy atom. The van der Waals surface area contributed by atoms with Crippen LogP contribution in [0.5, 0.6) is 0 Å². The first-order valence-electron chi connectivity index (χ1n) is 12.0. The number of carbonyl (C=O) groups is 1. The van der Waals surface area contributed by atoms with Crippen molar-refractivity contribution < 1.29 is 4.79 Å². The molecule has 4 nitrogen and oxygen atoms in total. The van der Waals surface area contributed by atoms with E-state index in [2.05, 4.69) is 63.7 Å². The fraction of sp³-hybridized carbons (Fsp3) is 0.310. The number of nitrogens with one attached hydrogen (secondary N) is 1. The van der Waals surface area contributed by atoms with E-state index in [0.717, 1.165) is 19.4 Å². The molecule has 5 rings (SSSR count). The van der Waals surface area contributed by atoms with Crippen LogP contribution in [0.4, 0.5) is 0 Å². The lowest BCUT2D eigenvalue weighted by Gasteiger charge is -2.37. The van der Waals surface area contributed by atoms with E-state index in [-0.39, 0.29) is 5.91 Å². The van der Waals surface area contributed by atoms with E-state index in [4.69, 9.17) is 0 Å². The highest BCUT2D eigenvalue weighted by Gasteiger charge is 2.39. The SMILES string of the molecule is CCNC(=O)c1ccc(C(=C2CC3CCC(C2)N3Cc2cccnc2)c2ccccc2)cc1. The molecule has 2 aromatic carbocycles. The fourth-order valence-electron chi connectivity index (χ4n) is 5.50.